The SMILES string of the molecule is CNc1ccc(C(F)(F)F)n(C(C)C)c1=O. The summed E-state index contributed by atoms with van der Waals surface area (Å²) >= 11 is 0. The van der Waals surface area contributed by atoms with Crippen LogP contribution in [0.5, 0.6) is 0 Å². The van der Waals surface area contributed by atoms with Crippen molar-refractivity contribution in [3.8, 4) is 0 Å². The second kappa shape index (κ2) is 4.19. The third kappa shape index (κ3) is 2.20. The van der Waals surface area contributed by atoms with E-state index in [9.17, 15) is 18.0 Å². The van der Waals surface area contributed by atoms with Crippen LogP contribution in [0.3, 0.4) is 0 Å². The van der Waals surface area contributed by atoms with Gasteiger partial charge in [-0.1, -0.05) is 0 Å². The van der Waals surface area contributed by atoms with Crippen LogP contribution in [-0.4, -0.2) is 11.6 Å². The molecule has 0 radical (unpaired) electrons. The molecule has 0 atom stereocenters. The van der Waals surface area contributed by atoms with Crippen LogP contribution < -0.4 is 10.9 Å². The largest absolute Gasteiger partial charge is 0.431 e. The number of pyridine rings is 1. The molecule has 0 bridgehead atoms. The monoisotopic (exact) mass is 234 g/mol. The summed E-state index contributed by atoms with van der Waals surface area (Å²) in [6.07, 6.45) is -4.52. The van der Waals surface area contributed by atoms with Crippen molar-refractivity contribution in [2.24, 2.45) is 0 Å². The van der Waals surface area contributed by atoms with Crippen LogP contribution in [0.25, 0.3) is 0 Å². The van der Waals surface area contributed by atoms with Crippen LogP contribution >= 0.6 is 0 Å². The fourth-order valence-electron chi connectivity index (χ4n) is 1.49. The summed E-state index contributed by atoms with van der Waals surface area (Å²) in [5, 5.41) is 2.57. The Morgan fingerprint density at radius 1 is 1.31 bits per heavy atom. The van der Waals surface area contributed by atoms with Gasteiger partial charge in [0, 0.05) is 13.1 Å². The van der Waals surface area contributed by atoms with Crippen molar-refractivity contribution in [3.63, 3.8) is 0 Å². The summed E-state index contributed by atoms with van der Waals surface area (Å²) in [7, 11) is 1.49. The predicted molar refractivity (Wildman–Crippen MR) is 55.6 cm³/mol. The van der Waals surface area contributed by atoms with Gasteiger partial charge in [-0.2, -0.15) is 13.2 Å². The van der Waals surface area contributed by atoms with Crippen LogP contribution in [0.2, 0.25) is 0 Å². The zero-order chi connectivity index (χ0) is 12.5. The number of nitrogens with zero attached hydrogens (tertiary/aromatic N) is 1. The summed E-state index contributed by atoms with van der Waals surface area (Å²) in [5.41, 5.74) is -1.43. The Bertz CT molecular complexity index is 435. The first-order valence-electron chi connectivity index (χ1n) is 4.79. The lowest BCUT2D eigenvalue weighted by Gasteiger charge is -2.19. The van der Waals surface area contributed by atoms with Crippen LogP contribution in [0, 0.1) is 0 Å². The standard InChI is InChI=1S/C10H13F3N2O/c1-6(2)15-8(10(11,12)13)5-4-7(14-3)9(15)16/h4-6,14H,1-3H3. The Hall–Kier alpha value is -1.46. The Morgan fingerprint density at radius 2 is 1.88 bits per heavy atom. The summed E-state index contributed by atoms with van der Waals surface area (Å²) in [6, 6.07) is 1.51. The maximum Gasteiger partial charge on any atom is 0.431 e. The highest BCUT2D eigenvalue weighted by atomic mass is 19.4. The van der Waals surface area contributed by atoms with Crippen LogP contribution in [0.1, 0.15) is 25.6 Å². The molecule has 0 spiro atoms. The highest BCUT2D eigenvalue weighted by Crippen LogP contribution is 2.30. The molecule has 0 unspecified atom stereocenters. The van der Waals surface area contributed by atoms with Gasteiger partial charge in [-0.3, -0.25) is 4.79 Å². The van der Waals surface area contributed by atoms with Crippen LogP contribution in [0.4, 0.5) is 18.9 Å². The molecule has 0 amide bonds. The number of nitrogens with one attached hydrogen (secondary N) is 1. The molecular weight excluding hydrogens is 221 g/mol. The normalized spacial score (nSPS) is 11.9. The summed E-state index contributed by atoms with van der Waals surface area (Å²) in [6.45, 7) is 3.08. The van der Waals surface area contributed by atoms with Crippen molar-refractivity contribution in [3.05, 3.63) is 28.2 Å². The number of halogens is 3. The lowest BCUT2D eigenvalue weighted by Crippen LogP contribution is -2.30. The lowest BCUT2D eigenvalue weighted by molar-refractivity contribution is -0.144. The second-order valence-electron chi connectivity index (χ2n) is 3.65. The Kier molecular flexibility index (Phi) is 3.30. The molecule has 3 nitrogen and oxygen atoms in total. The van der Waals surface area contributed by atoms with Gasteiger partial charge in [0.2, 0.25) is 0 Å². The molecule has 0 aromatic carbocycles. The Labute approximate surface area is 90.9 Å². The van der Waals surface area contributed by atoms with Crippen molar-refractivity contribution in [1.29, 1.82) is 0 Å². The van der Waals surface area contributed by atoms with E-state index in [1.54, 1.807) is 0 Å². The minimum absolute atomic E-state index is 0.154. The average molecular weight is 234 g/mol. The van der Waals surface area contributed by atoms with Crippen LogP contribution in [-0.2, 0) is 6.18 Å². The molecule has 90 valence electrons. The number of anilines is 1. The van der Waals surface area contributed by atoms with Gasteiger partial charge in [-0.05, 0) is 26.0 Å². The number of aromatic nitrogens is 1. The highest BCUT2D eigenvalue weighted by molar-refractivity contribution is 5.41. The molecule has 1 heterocycles. The fraction of sp³-hybridized carbons (Fsp3) is 0.500. The zero-order valence-corrected chi connectivity index (χ0v) is 9.22. The minimum atomic E-state index is -4.52. The molecule has 6 heteroatoms. The van der Waals surface area contributed by atoms with E-state index in [4.69, 9.17) is 0 Å². The quantitative estimate of drug-likeness (QED) is 0.853. The molecule has 0 aliphatic heterocycles. The maximum absolute atomic E-state index is 12.6. The van der Waals surface area contributed by atoms with Crippen molar-refractivity contribution < 1.29 is 13.2 Å². The van der Waals surface area contributed by atoms with Gasteiger partial charge in [-0.15, -0.1) is 0 Å². The Balaban J connectivity index is 3.54. The van der Waals surface area contributed by atoms with E-state index >= 15 is 0 Å². The smallest absolute Gasteiger partial charge is 0.384 e. The number of rotatable bonds is 2. The van der Waals surface area contributed by atoms with Crippen molar-refractivity contribution >= 4 is 5.69 Å². The van der Waals surface area contributed by atoms with E-state index in [0.29, 0.717) is 0 Å². The molecule has 0 aliphatic rings. The van der Waals surface area contributed by atoms with Gasteiger partial charge < -0.3 is 9.88 Å². The minimum Gasteiger partial charge on any atom is -0.384 e. The van der Waals surface area contributed by atoms with E-state index in [0.717, 1.165) is 16.7 Å². The lowest BCUT2D eigenvalue weighted by atomic mass is 10.2. The molecular formula is C10H13F3N2O. The van der Waals surface area contributed by atoms with Gasteiger partial charge >= 0.3 is 6.18 Å². The highest BCUT2D eigenvalue weighted by Gasteiger charge is 2.35. The van der Waals surface area contributed by atoms with Crippen molar-refractivity contribution in [2.45, 2.75) is 26.1 Å². The first kappa shape index (κ1) is 12.6. The van der Waals surface area contributed by atoms with Crippen LogP contribution in [0.15, 0.2) is 16.9 Å². The fourth-order valence-corrected chi connectivity index (χ4v) is 1.49. The first-order chi connectivity index (χ1) is 7.29. The molecule has 16 heavy (non-hydrogen) atoms. The first-order valence-corrected chi connectivity index (χ1v) is 4.79. The third-order valence-corrected chi connectivity index (χ3v) is 2.19. The molecule has 0 aliphatic carbocycles. The molecule has 1 N–H and O–H groups in total. The number of hydrogen-bond acceptors (Lipinski definition) is 2. The van der Waals surface area contributed by atoms with Gasteiger partial charge in [0.05, 0.1) is 0 Å². The number of hydrogen-bond donors (Lipinski definition) is 1. The molecule has 1 aromatic rings. The summed E-state index contributed by atoms with van der Waals surface area (Å²) in [4.78, 5) is 11.7. The van der Waals surface area contributed by atoms with Gasteiger partial charge in [-0.25, -0.2) is 0 Å². The molecule has 0 saturated carbocycles. The van der Waals surface area contributed by atoms with E-state index in [1.807, 2.05) is 0 Å². The van der Waals surface area contributed by atoms with Crippen molar-refractivity contribution in [1.82, 2.24) is 4.57 Å². The third-order valence-electron chi connectivity index (χ3n) is 2.19. The Morgan fingerprint density at radius 3 is 2.25 bits per heavy atom. The van der Waals surface area contributed by atoms with Gasteiger partial charge in [0.25, 0.3) is 5.56 Å². The van der Waals surface area contributed by atoms with Crippen molar-refractivity contribution in [2.75, 3.05) is 12.4 Å². The summed E-state index contributed by atoms with van der Waals surface area (Å²) < 4.78 is 38.7. The topological polar surface area (TPSA) is 34.0 Å². The van der Waals surface area contributed by atoms with E-state index < -0.39 is 23.5 Å². The zero-order valence-electron chi connectivity index (χ0n) is 9.22. The van der Waals surface area contributed by atoms with E-state index in [2.05, 4.69) is 5.32 Å². The number of alkyl halides is 3. The average Bonchev–Trinajstić information content (AvgIpc) is 2.15. The van der Waals surface area contributed by atoms with E-state index in [1.165, 1.54) is 20.9 Å². The van der Waals surface area contributed by atoms with E-state index in [-0.39, 0.29) is 5.69 Å². The predicted octanol–water partition coefficient (Wildman–Crippen LogP) is 2.49. The summed E-state index contributed by atoms with van der Waals surface area (Å²) in [5.74, 6) is 0. The molecule has 1 rings (SSSR count). The van der Waals surface area contributed by atoms with Gasteiger partial charge in [0.15, 0.2) is 0 Å². The maximum atomic E-state index is 12.6. The molecule has 1 aromatic heterocycles. The molecule has 0 saturated heterocycles. The van der Waals surface area contributed by atoms with Gasteiger partial charge in [0.1, 0.15) is 11.4 Å². The molecule has 0 fully saturated rings. The second-order valence-corrected chi connectivity index (χ2v) is 3.65.